The lowest BCUT2D eigenvalue weighted by Gasteiger charge is -2.11. The van der Waals surface area contributed by atoms with Crippen LogP contribution in [0, 0.1) is 0 Å². The Labute approximate surface area is 170 Å². The maximum Gasteiger partial charge on any atom is 0.311 e. The molecule has 0 radical (unpaired) electrons. The van der Waals surface area contributed by atoms with Gasteiger partial charge in [-0.25, -0.2) is 4.98 Å². The van der Waals surface area contributed by atoms with Crippen molar-refractivity contribution in [3.63, 3.8) is 0 Å². The molecular weight excluding hydrogens is 405 g/mol. The number of benzene rings is 2. The summed E-state index contributed by atoms with van der Waals surface area (Å²) in [7, 11) is 0. The molecule has 0 aliphatic carbocycles. The van der Waals surface area contributed by atoms with Crippen LogP contribution in [0.25, 0.3) is 10.6 Å². The zero-order chi connectivity index (χ0) is 19.4. The molecule has 1 unspecified atom stereocenters. The minimum absolute atomic E-state index is 0.0917. The maximum atomic E-state index is 12.4. The van der Waals surface area contributed by atoms with Gasteiger partial charge in [-0.3, -0.25) is 9.59 Å². The molecule has 0 saturated carbocycles. The SMILES string of the molecule is O=C(Cc1csc(-c2cccc(Cl)c2)n1)CC(C(=O)O)c1ccc(Cl)cc1. The average Bonchev–Trinajstić information content (AvgIpc) is 3.09. The molecule has 27 heavy (non-hydrogen) atoms. The van der Waals surface area contributed by atoms with Crippen molar-refractivity contribution < 1.29 is 14.7 Å². The van der Waals surface area contributed by atoms with Crippen molar-refractivity contribution in [3.8, 4) is 10.6 Å². The summed E-state index contributed by atoms with van der Waals surface area (Å²) >= 11 is 13.3. The molecule has 2 aromatic carbocycles. The Morgan fingerprint density at radius 3 is 2.48 bits per heavy atom. The number of carboxylic acids is 1. The van der Waals surface area contributed by atoms with E-state index in [1.54, 1.807) is 30.3 Å². The molecule has 0 amide bonds. The summed E-state index contributed by atoms with van der Waals surface area (Å²) in [5.41, 5.74) is 2.06. The van der Waals surface area contributed by atoms with Crippen LogP contribution in [0.5, 0.6) is 0 Å². The first-order valence-corrected chi connectivity index (χ1v) is 9.76. The molecule has 0 aliphatic heterocycles. The highest BCUT2D eigenvalue weighted by atomic mass is 35.5. The van der Waals surface area contributed by atoms with Gasteiger partial charge in [-0.15, -0.1) is 11.3 Å². The summed E-state index contributed by atoms with van der Waals surface area (Å²) < 4.78 is 0. The fourth-order valence-corrected chi connectivity index (χ4v) is 3.82. The largest absolute Gasteiger partial charge is 0.481 e. The molecule has 7 heteroatoms. The molecule has 0 bridgehead atoms. The number of ketones is 1. The van der Waals surface area contributed by atoms with Crippen molar-refractivity contribution in [1.29, 1.82) is 0 Å². The van der Waals surface area contributed by atoms with Crippen molar-refractivity contribution in [2.45, 2.75) is 18.8 Å². The fourth-order valence-electron chi connectivity index (χ4n) is 2.69. The second-order valence-corrected chi connectivity index (χ2v) is 7.75. The molecular formula is C20H15Cl2NO3S. The maximum absolute atomic E-state index is 12.4. The van der Waals surface area contributed by atoms with E-state index in [0.29, 0.717) is 21.3 Å². The van der Waals surface area contributed by atoms with Crippen LogP contribution in [0.4, 0.5) is 0 Å². The van der Waals surface area contributed by atoms with Gasteiger partial charge in [-0.2, -0.15) is 0 Å². The summed E-state index contributed by atoms with van der Waals surface area (Å²) in [6.07, 6.45) is -0.00454. The molecule has 0 aliphatic rings. The number of carbonyl (C=O) groups excluding carboxylic acids is 1. The molecule has 3 rings (SSSR count). The predicted octanol–water partition coefficient (Wildman–Crippen LogP) is 5.49. The van der Waals surface area contributed by atoms with Crippen LogP contribution in [0.15, 0.2) is 53.9 Å². The zero-order valence-corrected chi connectivity index (χ0v) is 16.4. The van der Waals surface area contributed by atoms with Crippen molar-refractivity contribution in [3.05, 3.63) is 75.2 Å². The van der Waals surface area contributed by atoms with Gasteiger partial charge >= 0.3 is 5.97 Å². The number of carbonyl (C=O) groups is 2. The smallest absolute Gasteiger partial charge is 0.311 e. The first kappa shape index (κ1) is 19.5. The molecule has 4 nitrogen and oxygen atoms in total. The average molecular weight is 420 g/mol. The van der Waals surface area contributed by atoms with Crippen LogP contribution < -0.4 is 0 Å². The normalized spacial score (nSPS) is 11.9. The van der Waals surface area contributed by atoms with E-state index >= 15 is 0 Å². The molecule has 0 saturated heterocycles. The number of Topliss-reactive ketones (excluding diaryl/α,β-unsaturated/α-hetero) is 1. The van der Waals surface area contributed by atoms with Gasteiger partial charge in [0, 0.05) is 33.8 Å². The van der Waals surface area contributed by atoms with Crippen LogP contribution in [0.3, 0.4) is 0 Å². The van der Waals surface area contributed by atoms with Gasteiger partial charge in [-0.1, -0.05) is 47.5 Å². The van der Waals surface area contributed by atoms with E-state index in [1.807, 2.05) is 23.6 Å². The Morgan fingerprint density at radius 2 is 1.81 bits per heavy atom. The van der Waals surface area contributed by atoms with Crippen molar-refractivity contribution >= 4 is 46.3 Å². The fraction of sp³-hybridized carbons (Fsp3) is 0.150. The Hall–Kier alpha value is -2.21. The molecule has 1 heterocycles. The van der Waals surface area contributed by atoms with Crippen molar-refractivity contribution in [2.24, 2.45) is 0 Å². The Balaban J connectivity index is 1.69. The molecule has 138 valence electrons. The van der Waals surface area contributed by atoms with Gasteiger partial charge in [0.2, 0.25) is 0 Å². The Kier molecular flexibility index (Phi) is 6.26. The number of halogens is 2. The van der Waals surface area contributed by atoms with Gasteiger partial charge in [0.05, 0.1) is 11.6 Å². The molecule has 0 spiro atoms. The van der Waals surface area contributed by atoms with E-state index in [1.165, 1.54) is 11.3 Å². The lowest BCUT2D eigenvalue weighted by atomic mass is 9.93. The monoisotopic (exact) mass is 419 g/mol. The number of hydrogen-bond acceptors (Lipinski definition) is 4. The van der Waals surface area contributed by atoms with Crippen molar-refractivity contribution in [2.75, 3.05) is 0 Å². The predicted molar refractivity (Wildman–Crippen MR) is 108 cm³/mol. The summed E-state index contributed by atoms with van der Waals surface area (Å²) in [4.78, 5) is 28.5. The second-order valence-electron chi connectivity index (χ2n) is 6.02. The first-order chi connectivity index (χ1) is 12.9. The van der Waals surface area contributed by atoms with Gasteiger partial charge in [0.15, 0.2) is 0 Å². The number of aliphatic carboxylic acids is 1. The van der Waals surface area contributed by atoms with Gasteiger partial charge in [0.25, 0.3) is 0 Å². The molecule has 1 atom stereocenters. The van der Waals surface area contributed by atoms with Gasteiger partial charge < -0.3 is 5.11 Å². The topological polar surface area (TPSA) is 67.3 Å². The van der Waals surface area contributed by atoms with E-state index in [-0.39, 0.29) is 18.6 Å². The van der Waals surface area contributed by atoms with E-state index < -0.39 is 11.9 Å². The molecule has 0 fully saturated rings. The molecule has 3 aromatic rings. The molecule has 1 aromatic heterocycles. The van der Waals surface area contributed by atoms with Crippen LogP contribution in [-0.4, -0.2) is 21.8 Å². The second kappa shape index (κ2) is 8.65. The first-order valence-electron chi connectivity index (χ1n) is 8.12. The number of hydrogen-bond donors (Lipinski definition) is 1. The summed E-state index contributed by atoms with van der Waals surface area (Å²) in [5.74, 6) is -2.12. The van der Waals surface area contributed by atoms with E-state index in [2.05, 4.69) is 4.98 Å². The highest BCUT2D eigenvalue weighted by Gasteiger charge is 2.23. The van der Waals surface area contributed by atoms with E-state index in [0.717, 1.165) is 10.6 Å². The lowest BCUT2D eigenvalue weighted by molar-refractivity contribution is -0.140. The third-order valence-corrected chi connectivity index (χ3v) is 5.43. The number of thiazole rings is 1. The molecule has 1 N–H and O–H groups in total. The van der Waals surface area contributed by atoms with Crippen molar-refractivity contribution in [1.82, 2.24) is 4.98 Å². The van der Waals surface area contributed by atoms with Crippen LogP contribution in [0.2, 0.25) is 10.0 Å². The highest BCUT2D eigenvalue weighted by molar-refractivity contribution is 7.13. The quantitative estimate of drug-likeness (QED) is 0.549. The summed E-state index contributed by atoms with van der Waals surface area (Å²) in [6, 6.07) is 13.8. The Bertz CT molecular complexity index is 969. The minimum atomic E-state index is -1.04. The lowest BCUT2D eigenvalue weighted by Crippen LogP contribution is -2.17. The summed E-state index contributed by atoms with van der Waals surface area (Å²) in [5, 5.41) is 13.2. The zero-order valence-electron chi connectivity index (χ0n) is 14.1. The van der Waals surface area contributed by atoms with E-state index in [4.69, 9.17) is 23.2 Å². The number of carboxylic acid groups (broad SMARTS) is 1. The van der Waals surface area contributed by atoms with Crippen LogP contribution in [-0.2, 0) is 16.0 Å². The number of aromatic nitrogens is 1. The van der Waals surface area contributed by atoms with Crippen LogP contribution in [0.1, 0.15) is 23.6 Å². The third kappa shape index (κ3) is 5.16. The number of rotatable bonds is 7. The number of nitrogens with zero attached hydrogens (tertiary/aromatic N) is 1. The van der Waals surface area contributed by atoms with Gasteiger partial charge in [-0.05, 0) is 29.8 Å². The van der Waals surface area contributed by atoms with E-state index in [9.17, 15) is 14.7 Å². The standard InChI is InChI=1S/C20H15Cl2NO3S/c21-14-6-4-12(5-7-14)18(20(25)26)10-17(24)9-16-11-27-19(23-16)13-2-1-3-15(22)8-13/h1-8,11,18H,9-10H2,(H,25,26). The summed E-state index contributed by atoms with van der Waals surface area (Å²) in [6.45, 7) is 0. The Morgan fingerprint density at radius 1 is 1.07 bits per heavy atom. The highest BCUT2D eigenvalue weighted by Crippen LogP contribution is 2.27. The third-order valence-electron chi connectivity index (χ3n) is 4.00. The minimum Gasteiger partial charge on any atom is -0.481 e. The van der Waals surface area contributed by atoms with Crippen LogP contribution >= 0.6 is 34.5 Å². The van der Waals surface area contributed by atoms with Gasteiger partial charge in [0.1, 0.15) is 10.8 Å².